The van der Waals surface area contributed by atoms with E-state index in [0.29, 0.717) is 20.1 Å². The molecule has 1 N–H and O–H groups in total. The van der Waals surface area contributed by atoms with Crippen molar-refractivity contribution in [3.05, 3.63) is 56.5 Å². The van der Waals surface area contributed by atoms with Crippen LogP contribution in [0.2, 0.25) is 20.1 Å². The van der Waals surface area contributed by atoms with Gasteiger partial charge in [-0.2, -0.15) is 0 Å². The molecular weight excluding hydrogens is 300 g/mol. The molecule has 2 rings (SSSR count). The summed E-state index contributed by atoms with van der Waals surface area (Å²) < 4.78 is 0. The molecule has 0 aromatic heterocycles. The Hall–Kier alpha value is -0.600. The molecule has 0 aliphatic rings. The largest absolute Gasteiger partial charge is 0.354 e. The van der Waals surface area contributed by atoms with Crippen LogP contribution < -0.4 is 5.32 Å². The molecule has 0 spiro atoms. The van der Waals surface area contributed by atoms with Gasteiger partial charge in [0, 0.05) is 5.69 Å². The zero-order valence-corrected chi connectivity index (χ0v) is 11.5. The quantitative estimate of drug-likeness (QED) is 0.666. The van der Waals surface area contributed by atoms with Crippen LogP contribution in [0.4, 0.5) is 11.4 Å². The fraction of sp³-hybridized carbons (Fsp3) is 0. The number of hydrogen-bond donors (Lipinski definition) is 1. The van der Waals surface area contributed by atoms with E-state index in [9.17, 15) is 0 Å². The molecule has 0 heterocycles. The zero-order valence-electron chi connectivity index (χ0n) is 8.48. The van der Waals surface area contributed by atoms with Crippen molar-refractivity contribution in [2.75, 3.05) is 5.32 Å². The lowest BCUT2D eigenvalue weighted by atomic mass is 10.2. The molecule has 0 aliphatic carbocycles. The summed E-state index contributed by atoms with van der Waals surface area (Å²) in [5.41, 5.74) is 1.51. The summed E-state index contributed by atoms with van der Waals surface area (Å²) in [5, 5.41) is 4.88. The van der Waals surface area contributed by atoms with Gasteiger partial charge in [0.25, 0.3) is 0 Å². The van der Waals surface area contributed by atoms with Gasteiger partial charge in [-0.3, -0.25) is 0 Å². The van der Waals surface area contributed by atoms with Crippen LogP contribution >= 0.6 is 46.4 Å². The van der Waals surface area contributed by atoms with E-state index in [1.54, 1.807) is 18.2 Å². The highest BCUT2D eigenvalue weighted by atomic mass is 35.5. The van der Waals surface area contributed by atoms with Crippen LogP contribution in [0.15, 0.2) is 36.4 Å². The molecular formula is C12H7Cl4N. The fourth-order valence-corrected chi connectivity index (χ4v) is 2.12. The molecule has 17 heavy (non-hydrogen) atoms. The Morgan fingerprint density at radius 3 is 1.94 bits per heavy atom. The van der Waals surface area contributed by atoms with E-state index >= 15 is 0 Å². The Bertz CT molecular complexity index is 531. The normalized spacial score (nSPS) is 10.4. The predicted molar refractivity (Wildman–Crippen MR) is 76.2 cm³/mol. The van der Waals surface area contributed by atoms with Crippen molar-refractivity contribution < 1.29 is 0 Å². The number of benzene rings is 2. The van der Waals surface area contributed by atoms with Crippen LogP contribution in [-0.2, 0) is 0 Å². The Morgan fingerprint density at radius 1 is 0.765 bits per heavy atom. The van der Waals surface area contributed by atoms with Crippen LogP contribution in [0, 0.1) is 0 Å². The zero-order chi connectivity index (χ0) is 12.4. The minimum atomic E-state index is 0.345. The van der Waals surface area contributed by atoms with Gasteiger partial charge >= 0.3 is 0 Å². The summed E-state index contributed by atoms with van der Waals surface area (Å²) in [6, 6.07) is 10.8. The fourth-order valence-electron chi connectivity index (χ4n) is 1.35. The number of hydrogen-bond acceptors (Lipinski definition) is 1. The van der Waals surface area contributed by atoms with Crippen molar-refractivity contribution in [1.29, 1.82) is 0 Å². The smallest absolute Gasteiger partial charge is 0.0780 e. The van der Waals surface area contributed by atoms with Gasteiger partial charge in [0.1, 0.15) is 0 Å². The van der Waals surface area contributed by atoms with Crippen molar-refractivity contribution in [3.8, 4) is 0 Å². The molecule has 0 amide bonds. The van der Waals surface area contributed by atoms with Crippen molar-refractivity contribution in [2.24, 2.45) is 0 Å². The first-order chi connectivity index (χ1) is 8.08. The second kappa shape index (κ2) is 5.36. The van der Waals surface area contributed by atoms with Crippen molar-refractivity contribution in [2.45, 2.75) is 0 Å². The standard InChI is InChI=1S/C12H7Cl4N/c13-8-3-1-2-4-11(8)17-7-5-9(14)12(16)10(15)6-7/h1-6,17H. The lowest BCUT2D eigenvalue weighted by molar-refractivity contribution is 1.55. The molecule has 88 valence electrons. The van der Waals surface area contributed by atoms with Crippen molar-refractivity contribution in [3.63, 3.8) is 0 Å². The number of halogens is 4. The number of nitrogens with one attached hydrogen (secondary N) is 1. The van der Waals surface area contributed by atoms with E-state index in [0.717, 1.165) is 11.4 Å². The third-order valence-corrected chi connectivity index (χ3v) is 3.66. The van der Waals surface area contributed by atoms with Gasteiger partial charge in [-0.25, -0.2) is 0 Å². The average molecular weight is 307 g/mol. The summed E-state index contributed by atoms with van der Waals surface area (Å²) in [5.74, 6) is 0. The minimum Gasteiger partial charge on any atom is -0.354 e. The third-order valence-electron chi connectivity index (χ3n) is 2.14. The summed E-state index contributed by atoms with van der Waals surface area (Å²) in [4.78, 5) is 0. The molecule has 2 aromatic rings. The maximum atomic E-state index is 6.03. The Morgan fingerprint density at radius 2 is 1.35 bits per heavy atom. The Labute approximate surface area is 119 Å². The average Bonchev–Trinajstić information content (AvgIpc) is 2.29. The van der Waals surface area contributed by atoms with E-state index in [4.69, 9.17) is 46.4 Å². The van der Waals surface area contributed by atoms with Crippen LogP contribution in [-0.4, -0.2) is 0 Å². The monoisotopic (exact) mass is 305 g/mol. The van der Waals surface area contributed by atoms with Gasteiger partial charge in [0.05, 0.1) is 25.8 Å². The molecule has 0 saturated heterocycles. The van der Waals surface area contributed by atoms with E-state index in [1.807, 2.05) is 18.2 Å². The highest BCUT2D eigenvalue weighted by Gasteiger charge is 2.07. The number of rotatable bonds is 2. The SMILES string of the molecule is Clc1ccccc1Nc1cc(Cl)c(Cl)c(Cl)c1. The number of para-hydroxylation sites is 1. The van der Waals surface area contributed by atoms with Gasteiger partial charge in [-0.1, -0.05) is 58.5 Å². The summed E-state index contributed by atoms with van der Waals surface area (Å²) in [6.45, 7) is 0. The molecule has 0 atom stereocenters. The van der Waals surface area contributed by atoms with E-state index in [1.165, 1.54) is 0 Å². The first kappa shape index (κ1) is 12.8. The van der Waals surface area contributed by atoms with Crippen LogP contribution in [0.1, 0.15) is 0 Å². The minimum absolute atomic E-state index is 0.345. The lowest BCUT2D eigenvalue weighted by Gasteiger charge is -2.10. The summed E-state index contributed by atoms with van der Waals surface area (Å²) in [7, 11) is 0. The second-order valence-corrected chi connectivity index (χ2v) is 4.96. The first-order valence-corrected chi connectivity index (χ1v) is 6.25. The van der Waals surface area contributed by atoms with E-state index < -0.39 is 0 Å². The number of anilines is 2. The highest BCUT2D eigenvalue weighted by Crippen LogP contribution is 2.35. The molecule has 0 radical (unpaired) electrons. The molecule has 1 nitrogen and oxygen atoms in total. The Kier molecular flexibility index (Phi) is 4.05. The van der Waals surface area contributed by atoms with Crippen LogP contribution in [0.5, 0.6) is 0 Å². The van der Waals surface area contributed by atoms with Crippen molar-refractivity contribution >= 4 is 57.8 Å². The molecule has 0 bridgehead atoms. The highest BCUT2D eigenvalue weighted by molar-refractivity contribution is 6.48. The van der Waals surface area contributed by atoms with Gasteiger partial charge in [0.2, 0.25) is 0 Å². The molecule has 2 aromatic carbocycles. The maximum Gasteiger partial charge on any atom is 0.0780 e. The predicted octanol–water partition coefficient (Wildman–Crippen LogP) is 6.04. The van der Waals surface area contributed by atoms with Crippen molar-refractivity contribution in [1.82, 2.24) is 0 Å². The summed E-state index contributed by atoms with van der Waals surface area (Å²) in [6.07, 6.45) is 0. The molecule has 0 fully saturated rings. The van der Waals surface area contributed by atoms with E-state index in [-0.39, 0.29) is 0 Å². The molecule has 0 aliphatic heterocycles. The first-order valence-electron chi connectivity index (χ1n) is 4.74. The summed E-state index contributed by atoms with van der Waals surface area (Å²) >= 11 is 23.8. The topological polar surface area (TPSA) is 12.0 Å². The van der Waals surface area contributed by atoms with Gasteiger partial charge in [-0.15, -0.1) is 0 Å². The van der Waals surface area contributed by atoms with Crippen LogP contribution in [0.25, 0.3) is 0 Å². The molecule has 0 unspecified atom stereocenters. The lowest BCUT2D eigenvalue weighted by Crippen LogP contribution is -1.91. The third kappa shape index (κ3) is 2.99. The van der Waals surface area contributed by atoms with Gasteiger partial charge < -0.3 is 5.32 Å². The van der Waals surface area contributed by atoms with Gasteiger partial charge in [-0.05, 0) is 24.3 Å². The molecule has 5 heteroatoms. The Balaban J connectivity index is 2.34. The van der Waals surface area contributed by atoms with E-state index in [2.05, 4.69) is 5.32 Å². The maximum absolute atomic E-state index is 6.03. The van der Waals surface area contributed by atoms with Crippen LogP contribution in [0.3, 0.4) is 0 Å². The molecule has 0 saturated carbocycles. The second-order valence-electron chi connectivity index (χ2n) is 3.36. The van der Waals surface area contributed by atoms with Gasteiger partial charge in [0.15, 0.2) is 0 Å².